The molecule has 1 atom stereocenters. The molecule has 0 spiro atoms. The van der Waals surface area contributed by atoms with Crippen LogP contribution in [0.5, 0.6) is 5.75 Å². The predicted octanol–water partition coefficient (Wildman–Crippen LogP) is 1.91. The summed E-state index contributed by atoms with van der Waals surface area (Å²) in [7, 11) is 0. The number of pyridine rings is 1. The van der Waals surface area contributed by atoms with Crippen molar-refractivity contribution in [1.29, 1.82) is 0 Å². The fraction of sp³-hybridized carbons (Fsp3) is 0.278. The molecule has 2 rings (SSSR count). The number of aromatic hydroxyl groups is 1. The SMILES string of the molecule is CC(=O)OCCn1ccc(=O)c(O)c1C(OC(C)=O)c1ccccc1F. The summed E-state index contributed by atoms with van der Waals surface area (Å²) in [5.41, 5.74) is -0.841. The molecule has 0 saturated heterocycles. The lowest BCUT2D eigenvalue weighted by Gasteiger charge is -2.23. The smallest absolute Gasteiger partial charge is 0.303 e. The van der Waals surface area contributed by atoms with E-state index in [-0.39, 0.29) is 24.4 Å². The number of benzene rings is 1. The summed E-state index contributed by atoms with van der Waals surface area (Å²) in [5.74, 6) is -2.56. The first-order valence-electron chi connectivity index (χ1n) is 7.78. The maximum Gasteiger partial charge on any atom is 0.303 e. The van der Waals surface area contributed by atoms with Gasteiger partial charge in [0, 0.05) is 31.7 Å². The maximum absolute atomic E-state index is 14.3. The van der Waals surface area contributed by atoms with Gasteiger partial charge in [-0.2, -0.15) is 0 Å². The molecule has 138 valence electrons. The van der Waals surface area contributed by atoms with E-state index in [4.69, 9.17) is 9.47 Å². The van der Waals surface area contributed by atoms with E-state index in [0.29, 0.717) is 0 Å². The van der Waals surface area contributed by atoms with Gasteiger partial charge in [0.05, 0.1) is 6.54 Å². The van der Waals surface area contributed by atoms with Crippen molar-refractivity contribution in [2.75, 3.05) is 6.61 Å². The van der Waals surface area contributed by atoms with Crippen LogP contribution in [0.3, 0.4) is 0 Å². The third kappa shape index (κ3) is 4.47. The van der Waals surface area contributed by atoms with Crippen LogP contribution in [0.1, 0.15) is 31.2 Å². The van der Waals surface area contributed by atoms with Crippen LogP contribution in [0.15, 0.2) is 41.3 Å². The zero-order chi connectivity index (χ0) is 19.3. The van der Waals surface area contributed by atoms with Gasteiger partial charge in [-0.15, -0.1) is 0 Å². The molecule has 0 fully saturated rings. The number of carbonyl (C=O) groups excluding carboxylic acids is 2. The molecule has 0 saturated carbocycles. The molecule has 1 unspecified atom stereocenters. The van der Waals surface area contributed by atoms with Crippen molar-refractivity contribution in [2.24, 2.45) is 0 Å². The second-order valence-corrected chi connectivity index (χ2v) is 5.46. The van der Waals surface area contributed by atoms with Crippen molar-refractivity contribution in [3.05, 3.63) is 63.8 Å². The zero-order valence-electron chi connectivity index (χ0n) is 14.3. The molecule has 1 aromatic heterocycles. The Kier molecular flexibility index (Phi) is 6.11. The topological polar surface area (TPSA) is 94.8 Å². The molecular formula is C18H18FNO6. The number of hydrogen-bond donors (Lipinski definition) is 1. The van der Waals surface area contributed by atoms with E-state index in [1.807, 2.05) is 0 Å². The number of nitrogens with zero attached hydrogens (tertiary/aromatic N) is 1. The summed E-state index contributed by atoms with van der Waals surface area (Å²) in [6, 6.07) is 6.67. The summed E-state index contributed by atoms with van der Waals surface area (Å²) < 4.78 is 25.7. The van der Waals surface area contributed by atoms with Crippen LogP contribution in [-0.4, -0.2) is 28.2 Å². The molecular weight excluding hydrogens is 345 g/mol. The van der Waals surface area contributed by atoms with Gasteiger partial charge in [0.15, 0.2) is 11.9 Å². The van der Waals surface area contributed by atoms with Gasteiger partial charge in [0.25, 0.3) is 0 Å². The zero-order valence-corrected chi connectivity index (χ0v) is 14.3. The molecule has 0 amide bonds. The molecule has 1 N–H and O–H groups in total. The average Bonchev–Trinajstić information content (AvgIpc) is 2.57. The Labute approximate surface area is 148 Å². The molecule has 0 aliphatic carbocycles. The van der Waals surface area contributed by atoms with Gasteiger partial charge >= 0.3 is 11.9 Å². The number of ether oxygens (including phenoxy) is 2. The van der Waals surface area contributed by atoms with Crippen molar-refractivity contribution in [1.82, 2.24) is 4.57 Å². The largest absolute Gasteiger partial charge is 0.503 e. The molecule has 26 heavy (non-hydrogen) atoms. The highest BCUT2D eigenvalue weighted by molar-refractivity contribution is 5.67. The van der Waals surface area contributed by atoms with Gasteiger partial charge in [-0.3, -0.25) is 14.4 Å². The minimum absolute atomic E-state index is 0.0233. The summed E-state index contributed by atoms with van der Waals surface area (Å²) in [6.45, 7) is 2.39. The molecule has 0 aliphatic rings. The van der Waals surface area contributed by atoms with Crippen molar-refractivity contribution in [3.8, 4) is 5.75 Å². The van der Waals surface area contributed by atoms with Gasteiger partial charge in [0.1, 0.15) is 18.1 Å². The summed E-state index contributed by atoms with van der Waals surface area (Å²) in [6.07, 6.45) is -0.00183. The molecule has 0 aliphatic heterocycles. The summed E-state index contributed by atoms with van der Waals surface area (Å²) in [4.78, 5) is 34.4. The van der Waals surface area contributed by atoms with Gasteiger partial charge in [-0.25, -0.2) is 4.39 Å². The molecule has 1 aromatic carbocycles. The summed E-state index contributed by atoms with van der Waals surface area (Å²) >= 11 is 0. The van der Waals surface area contributed by atoms with Crippen molar-refractivity contribution < 1.29 is 28.6 Å². The third-order valence-corrected chi connectivity index (χ3v) is 3.55. The van der Waals surface area contributed by atoms with Gasteiger partial charge < -0.3 is 19.1 Å². The Hall–Kier alpha value is -3.16. The van der Waals surface area contributed by atoms with Crippen molar-refractivity contribution >= 4 is 11.9 Å². The normalized spacial score (nSPS) is 11.7. The van der Waals surface area contributed by atoms with Crippen LogP contribution < -0.4 is 5.43 Å². The lowest BCUT2D eigenvalue weighted by Crippen LogP contribution is -2.22. The Balaban J connectivity index is 2.57. The van der Waals surface area contributed by atoms with E-state index < -0.39 is 35.0 Å². The highest BCUT2D eigenvalue weighted by Crippen LogP contribution is 2.32. The maximum atomic E-state index is 14.3. The number of aromatic nitrogens is 1. The summed E-state index contributed by atoms with van der Waals surface area (Å²) in [5, 5.41) is 10.3. The number of hydrogen-bond acceptors (Lipinski definition) is 6. The first kappa shape index (κ1) is 19.2. The van der Waals surface area contributed by atoms with Crippen molar-refractivity contribution in [2.45, 2.75) is 26.5 Å². The lowest BCUT2D eigenvalue weighted by atomic mass is 10.0. The second-order valence-electron chi connectivity index (χ2n) is 5.46. The fourth-order valence-electron chi connectivity index (χ4n) is 2.46. The fourth-order valence-corrected chi connectivity index (χ4v) is 2.46. The number of halogens is 1. The first-order valence-corrected chi connectivity index (χ1v) is 7.78. The standard InChI is InChI=1S/C18H18FNO6/c1-11(21)25-10-9-20-8-7-15(23)17(24)16(20)18(26-12(2)22)13-5-3-4-6-14(13)19/h3-8,18,24H,9-10H2,1-2H3. The Morgan fingerprint density at radius 2 is 1.88 bits per heavy atom. The number of carbonyl (C=O) groups is 2. The van der Waals surface area contributed by atoms with Crippen LogP contribution in [0.25, 0.3) is 0 Å². The third-order valence-electron chi connectivity index (χ3n) is 3.55. The van der Waals surface area contributed by atoms with Crippen LogP contribution >= 0.6 is 0 Å². The minimum atomic E-state index is -1.35. The van der Waals surface area contributed by atoms with Crippen LogP contribution in [-0.2, 0) is 25.6 Å². The molecule has 7 nitrogen and oxygen atoms in total. The van der Waals surface area contributed by atoms with Crippen LogP contribution in [0.2, 0.25) is 0 Å². The van der Waals surface area contributed by atoms with Crippen LogP contribution in [0.4, 0.5) is 4.39 Å². The van der Waals surface area contributed by atoms with E-state index in [9.17, 15) is 23.9 Å². The van der Waals surface area contributed by atoms with E-state index in [0.717, 1.165) is 13.0 Å². The Morgan fingerprint density at radius 1 is 1.19 bits per heavy atom. The van der Waals surface area contributed by atoms with Crippen molar-refractivity contribution in [3.63, 3.8) is 0 Å². The molecule has 2 aromatic rings. The Morgan fingerprint density at radius 3 is 2.50 bits per heavy atom. The van der Waals surface area contributed by atoms with E-state index in [1.165, 1.54) is 42.0 Å². The van der Waals surface area contributed by atoms with Gasteiger partial charge in [-0.1, -0.05) is 18.2 Å². The van der Waals surface area contributed by atoms with E-state index >= 15 is 0 Å². The molecule has 8 heteroatoms. The number of esters is 2. The van der Waals surface area contributed by atoms with Gasteiger partial charge in [-0.05, 0) is 6.07 Å². The van der Waals surface area contributed by atoms with E-state index in [1.54, 1.807) is 0 Å². The first-order chi connectivity index (χ1) is 12.3. The second kappa shape index (κ2) is 8.28. The highest BCUT2D eigenvalue weighted by Gasteiger charge is 2.27. The minimum Gasteiger partial charge on any atom is -0.503 e. The molecule has 1 heterocycles. The van der Waals surface area contributed by atoms with Gasteiger partial charge in [0.2, 0.25) is 5.43 Å². The Bertz CT molecular complexity index is 876. The van der Waals surface area contributed by atoms with Crippen LogP contribution in [0, 0.1) is 5.82 Å². The quantitative estimate of drug-likeness (QED) is 0.788. The highest BCUT2D eigenvalue weighted by atomic mass is 19.1. The lowest BCUT2D eigenvalue weighted by molar-refractivity contribution is -0.145. The monoisotopic (exact) mass is 363 g/mol. The van der Waals surface area contributed by atoms with E-state index in [2.05, 4.69) is 0 Å². The average molecular weight is 363 g/mol. The predicted molar refractivity (Wildman–Crippen MR) is 89.0 cm³/mol. The number of rotatable bonds is 6. The molecule has 0 bridgehead atoms. The molecule has 0 radical (unpaired) electrons.